The molecule has 100 valence electrons. The number of hydrogen-bond donors (Lipinski definition) is 1. The van der Waals surface area contributed by atoms with Gasteiger partial charge in [0.05, 0.1) is 0 Å². The summed E-state index contributed by atoms with van der Waals surface area (Å²) in [6, 6.07) is 0.618. The van der Waals surface area contributed by atoms with Crippen molar-refractivity contribution in [2.75, 3.05) is 42.8 Å². The minimum absolute atomic E-state index is 0.618. The first-order valence-electron chi connectivity index (χ1n) is 6.53. The third-order valence-corrected chi connectivity index (χ3v) is 2.94. The van der Waals surface area contributed by atoms with E-state index in [9.17, 15) is 0 Å². The Kier molecular flexibility index (Phi) is 3.84. The Balaban J connectivity index is 2.31. The van der Waals surface area contributed by atoms with Crippen molar-refractivity contribution in [3.05, 3.63) is 0 Å². The van der Waals surface area contributed by atoms with Crippen LogP contribution in [-0.2, 0) is 0 Å². The topological polar surface area (TPSA) is 57.2 Å². The van der Waals surface area contributed by atoms with E-state index in [0.717, 1.165) is 18.9 Å². The molecule has 2 rings (SSSR count). The third-order valence-electron chi connectivity index (χ3n) is 2.94. The Labute approximate surface area is 108 Å². The van der Waals surface area contributed by atoms with Gasteiger partial charge in [-0.1, -0.05) is 6.92 Å². The molecule has 0 radical (unpaired) electrons. The van der Waals surface area contributed by atoms with Crippen molar-refractivity contribution in [3.63, 3.8) is 0 Å². The normalized spacial score (nSPS) is 14.4. The third kappa shape index (κ3) is 2.80. The zero-order valence-electron chi connectivity index (χ0n) is 11.6. The lowest BCUT2D eigenvalue weighted by atomic mass is 10.4. The second kappa shape index (κ2) is 5.37. The fourth-order valence-electron chi connectivity index (χ4n) is 1.87. The van der Waals surface area contributed by atoms with Gasteiger partial charge in [-0.05, 0) is 19.3 Å². The van der Waals surface area contributed by atoms with Gasteiger partial charge < -0.3 is 15.1 Å². The Bertz CT molecular complexity index is 402. The summed E-state index contributed by atoms with van der Waals surface area (Å²) in [6.45, 7) is 3.19. The van der Waals surface area contributed by atoms with Crippen LogP contribution in [0.2, 0.25) is 0 Å². The van der Waals surface area contributed by atoms with E-state index < -0.39 is 0 Å². The van der Waals surface area contributed by atoms with Crippen LogP contribution in [-0.4, -0.2) is 48.7 Å². The molecule has 1 aromatic rings. The van der Waals surface area contributed by atoms with Gasteiger partial charge in [-0.15, -0.1) is 0 Å². The fourth-order valence-corrected chi connectivity index (χ4v) is 1.87. The molecular formula is C12H22N6. The first-order valence-corrected chi connectivity index (χ1v) is 6.53. The molecule has 0 saturated heterocycles. The smallest absolute Gasteiger partial charge is 0.232 e. The Hall–Kier alpha value is -1.59. The summed E-state index contributed by atoms with van der Waals surface area (Å²) in [7, 11) is 5.72. The second-order valence-corrected chi connectivity index (χ2v) is 4.83. The number of rotatable bonds is 6. The van der Waals surface area contributed by atoms with Crippen molar-refractivity contribution in [3.8, 4) is 0 Å². The molecule has 1 fully saturated rings. The van der Waals surface area contributed by atoms with Crippen LogP contribution in [0.3, 0.4) is 0 Å². The number of hydrogen-bond acceptors (Lipinski definition) is 6. The maximum atomic E-state index is 4.55. The van der Waals surface area contributed by atoms with E-state index >= 15 is 0 Å². The molecule has 1 saturated carbocycles. The maximum Gasteiger partial charge on any atom is 0.232 e. The lowest BCUT2D eigenvalue weighted by molar-refractivity contribution is 0.730. The van der Waals surface area contributed by atoms with Crippen molar-refractivity contribution < 1.29 is 0 Å². The lowest BCUT2D eigenvalue weighted by Crippen LogP contribution is -2.29. The van der Waals surface area contributed by atoms with Gasteiger partial charge in [0.2, 0.25) is 17.8 Å². The molecule has 0 aliphatic heterocycles. The van der Waals surface area contributed by atoms with Crippen LogP contribution in [0.15, 0.2) is 0 Å². The molecule has 0 spiro atoms. The highest BCUT2D eigenvalue weighted by Crippen LogP contribution is 2.30. The maximum absolute atomic E-state index is 4.55. The van der Waals surface area contributed by atoms with Crippen LogP contribution in [0.4, 0.5) is 17.8 Å². The summed E-state index contributed by atoms with van der Waals surface area (Å²) < 4.78 is 0. The molecule has 1 aliphatic rings. The molecule has 0 bridgehead atoms. The molecule has 1 N–H and O–H groups in total. The van der Waals surface area contributed by atoms with Crippen LogP contribution in [0, 0.1) is 0 Å². The predicted molar refractivity (Wildman–Crippen MR) is 74.4 cm³/mol. The van der Waals surface area contributed by atoms with Gasteiger partial charge in [-0.25, -0.2) is 0 Å². The standard InChI is InChI=1S/C12H22N6/c1-5-8-18(9-6-7-9)12-15-10(13-2)14-11(16-12)17(3)4/h9H,5-8H2,1-4H3,(H,13,14,15,16). The van der Waals surface area contributed by atoms with E-state index in [4.69, 9.17) is 0 Å². The molecule has 1 aromatic heterocycles. The van der Waals surface area contributed by atoms with E-state index in [1.807, 2.05) is 26.0 Å². The van der Waals surface area contributed by atoms with E-state index in [2.05, 4.69) is 32.1 Å². The van der Waals surface area contributed by atoms with Gasteiger partial charge >= 0.3 is 0 Å². The van der Waals surface area contributed by atoms with Crippen molar-refractivity contribution in [2.24, 2.45) is 0 Å². The SMILES string of the molecule is CCCN(c1nc(NC)nc(N(C)C)n1)C1CC1. The van der Waals surface area contributed by atoms with Gasteiger partial charge in [-0.3, -0.25) is 0 Å². The van der Waals surface area contributed by atoms with Crippen molar-refractivity contribution in [1.29, 1.82) is 0 Å². The van der Waals surface area contributed by atoms with Crippen LogP contribution in [0.5, 0.6) is 0 Å². The van der Waals surface area contributed by atoms with Crippen molar-refractivity contribution in [2.45, 2.75) is 32.2 Å². The Morgan fingerprint density at radius 1 is 1.17 bits per heavy atom. The Morgan fingerprint density at radius 2 is 1.83 bits per heavy atom. The van der Waals surface area contributed by atoms with Crippen LogP contribution in [0.25, 0.3) is 0 Å². The first kappa shape index (κ1) is 12.9. The van der Waals surface area contributed by atoms with Crippen molar-refractivity contribution >= 4 is 17.8 Å². The van der Waals surface area contributed by atoms with E-state index in [-0.39, 0.29) is 0 Å². The summed E-state index contributed by atoms with van der Waals surface area (Å²) >= 11 is 0. The summed E-state index contributed by atoms with van der Waals surface area (Å²) in [5.74, 6) is 2.12. The minimum atomic E-state index is 0.618. The summed E-state index contributed by atoms with van der Waals surface area (Å²) in [4.78, 5) is 17.6. The molecule has 6 heteroatoms. The Morgan fingerprint density at radius 3 is 2.33 bits per heavy atom. The highest BCUT2D eigenvalue weighted by molar-refractivity contribution is 5.45. The van der Waals surface area contributed by atoms with Crippen LogP contribution >= 0.6 is 0 Å². The highest BCUT2D eigenvalue weighted by Gasteiger charge is 2.30. The molecular weight excluding hydrogens is 228 g/mol. The molecule has 0 unspecified atom stereocenters. The van der Waals surface area contributed by atoms with Crippen LogP contribution in [0.1, 0.15) is 26.2 Å². The zero-order valence-corrected chi connectivity index (χ0v) is 11.6. The largest absolute Gasteiger partial charge is 0.357 e. The molecule has 1 heterocycles. The average Bonchev–Trinajstić information content (AvgIpc) is 3.19. The number of anilines is 3. The lowest BCUT2D eigenvalue weighted by Gasteiger charge is -2.23. The molecule has 0 aromatic carbocycles. The molecule has 6 nitrogen and oxygen atoms in total. The average molecular weight is 250 g/mol. The highest BCUT2D eigenvalue weighted by atomic mass is 15.4. The molecule has 18 heavy (non-hydrogen) atoms. The molecule has 0 amide bonds. The van der Waals surface area contributed by atoms with Gasteiger partial charge in [0, 0.05) is 33.7 Å². The van der Waals surface area contributed by atoms with Gasteiger partial charge in [0.25, 0.3) is 0 Å². The monoisotopic (exact) mass is 250 g/mol. The summed E-state index contributed by atoms with van der Waals surface area (Å²) in [5.41, 5.74) is 0. The summed E-state index contributed by atoms with van der Waals surface area (Å²) in [5, 5.41) is 3.00. The number of nitrogens with zero attached hydrogens (tertiary/aromatic N) is 5. The summed E-state index contributed by atoms with van der Waals surface area (Å²) in [6.07, 6.45) is 3.60. The minimum Gasteiger partial charge on any atom is -0.357 e. The number of nitrogens with one attached hydrogen (secondary N) is 1. The molecule has 1 aliphatic carbocycles. The van der Waals surface area contributed by atoms with Crippen molar-refractivity contribution in [1.82, 2.24) is 15.0 Å². The fraction of sp³-hybridized carbons (Fsp3) is 0.750. The predicted octanol–water partition coefficient (Wildman–Crippen LogP) is 1.36. The second-order valence-electron chi connectivity index (χ2n) is 4.83. The molecule has 0 atom stereocenters. The van der Waals surface area contributed by atoms with E-state index in [0.29, 0.717) is 17.9 Å². The zero-order chi connectivity index (χ0) is 13.1. The quantitative estimate of drug-likeness (QED) is 0.822. The van der Waals surface area contributed by atoms with E-state index in [1.165, 1.54) is 12.8 Å². The van der Waals surface area contributed by atoms with Crippen LogP contribution < -0.4 is 15.1 Å². The van der Waals surface area contributed by atoms with E-state index in [1.54, 1.807) is 0 Å². The van der Waals surface area contributed by atoms with Gasteiger partial charge in [0.1, 0.15) is 0 Å². The van der Waals surface area contributed by atoms with Gasteiger partial charge in [-0.2, -0.15) is 15.0 Å². The first-order chi connectivity index (χ1) is 8.65. The van der Waals surface area contributed by atoms with Gasteiger partial charge in [0.15, 0.2) is 0 Å². The number of aromatic nitrogens is 3.